The Morgan fingerprint density at radius 1 is 1.09 bits per heavy atom. The summed E-state index contributed by atoms with van der Waals surface area (Å²) >= 11 is 0. The SMILES string of the molecule is COc1ccccc1CN(C)C(=O)Cc1ccc(C)cc1C. The summed E-state index contributed by atoms with van der Waals surface area (Å²) in [5.74, 6) is 0.923. The van der Waals surface area contributed by atoms with Crippen LogP contribution in [-0.2, 0) is 17.8 Å². The Morgan fingerprint density at radius 3 is 2.50 bits per heavy atom. The lowest BCUT2D eigenvalue weighted by molar-refractivity contribution is -0.129. The van der Waals surface area contributed by atoms with Gasteiger partial charge in [0.1, 0.15) is 5.75 Å². The molecule has 0 heterocycles. The van der Waals surface area contributed by atoms with Crippen LogP contribution in [0.1, 0.15) is 22.3 Å². The summed E-state index contributed by atoms with van der Waals surface area (Å²) in [4.78, 5) is 14.2. The van der Waals surface area contributed by atoms with Gasteiger partial charge in [0.15, 0.2) is 0 Å². The molecule has 1 amide bonds. The van der Waals surface area contributed by atoms with Crippen molar-refractivity contribution in [1.82, 2.24) is 4.90 Å². The average molecular weight is 297 g/mol. The molecule has 0 saturated carbocycles. The molecule has 0 fully saturated rings. The van der Waals surface area contributed by atoms with E-state index in [0.717, 1.165) is 16.9 Å². The number of nitrogens with zero attached hydrogens (tertiary/aromatic N) is 1. The molecular formula is C19H23NO2. The minimum atomic E-state index is 0.109. The fourth-order valence-corrected chi connectivity index (χ4v) is 2.52. The number of benzene rings is 2. The molecule has 0 aliphatic rings. The fourth-order valence-electron chi connectivity index (χ4n) is 2.52. The van der Waals surface area contributed by atoms with Crippen LogP contribution in [0.15, 0.2) is 42.5 Å². The predicted octanol–water partition coefficient (Wildman–Crippen LogP) is 3.51. The summed E-state index contributed by atoms with van der Waals surface area (Å²) in [6, 6.07) is 14.0. The van der Waals surface area contributed by atoms with E-state index >= 15 is 0 Å². The van der Waals surface area contributed by atoms with Gasteiger partial charge in [-0.05, 0) is 31.0 Å². The second-order valence-corrected chi connectivity index (χ2v) is 5.67. The molecule has 2 aromatic rings. The van der Waals surface area contributed by atoms with Gasteiger partial charge in [0, 0.05) is 19.2 Å². The summed E-state index contributed by atoms with van der Waals surface area (Å²) in [5, 5.41) is 0. The van der Waals surface area contributed by atoms with Crippen LogP contribution in [0.4, 0.5) is 0 Å². The molecule has 0 N–H and O–H groups in total. The number of ether oxygens (including phenoxy) is 1. The van der Waals surface area contributed by atoms with Crippen LogP contribution < -0.4 is 4.74 Å². The first-order valence-corrected chi connectivity index (χ1v) is 7.43. The maximum atomic E-state index is 12.4. The number of methoxy groups -OCH3 is 1. The number of aryl methyl sites for hydroxylation is 2. The first kappa shape index (κ1) is 16.1. The Kier molecular flexibility index (Phi) is 5.21. The van der Waals surface area contributed by atoms with Gasteiger partial charge in [-0.15, -0.1) is 0 Å². The lowest BCUT2D eigenvalue weighted by Gasteiger charge is -2.19. The third-order valence-electron chi connectivity index (χ3n) is 3.87. The standard InChI is InChI=1S/C19H23NO2/c1-14-9-10-16(15(2)11-14)12-19(21)20(3)13-17-7-5-6-8-18(17)22-4/h5-11H,12-13H2,1-4H3. The van der Waals surface area contributed by atoms with Gasteiger partial charge in [0.2, 0.25) is 5.91 Å². The van der Waals surface area contributed by atoms with Crippen molar-refractivity contribution in [1.29, 1.82) is 0 Å². The number of para-hydroxylation sites is 1. The third-order valence-corrected chi connectivity index (χ3v) is 3.87. The van der Waals surface area contributed by atoms with Gasteiger partial charge < -0.3 is 9.64 Å². The molecule has 2 aromatic carbocycles. The van der Waals surface area contributed by atoms with Crippen molar-refractivity contribution in [2.24, 2.45) is 0 Å². The molecule has 0 aliphatic carbocycles. The molecule has 0 spiro atoms. The van der Waals surface area contributed by atoms with E-state index in [4.69, 9.17) is 4.74 Å². The topological polar surface area (TPSA) is 29.5 Å². The number of carbonyl (C=O) groups excluding carboxylic acids is 1. The third kappa shape index (κ3) is 3.88. The first-order valence-electron chi connectivity index (χ1n) is 7.43. The largest absolute Gasteiger partial charge is 0.496 e. The predicted molar refractivity (Wildman–Crippen MR) is 89.1 cm³/mol. The van der Waals surface area contributed by atoms with Crippen molar-refractivity contribution in [3.63, 3.8) is 0 Å². The maximum absolute atomic E-state index is 12.4. The van der Waals surface area contributed by atoms with E-state index in [1.165, 1.54) is 11.1 Å². The quantitative estimate of drug-likeness (QED) is 0.845. The van der Waals surface area contributed by atoms with E-state index in [-0.39, 0.29) is 5.91 Å². The molecule has 0 bridgehead atoms. The van der Waals surface area contributed by atoms with Crippen LogP contribution in [0.25, 0.3) is 0 Å². The normalized spacial score (nSPS) is 10.4. The van der Waals surface area contributed by atoms with Gasteiger partial charge in [-0.1, -0.05) is 42.0 Å². The van der Waals surface area contributed by atoms with E-state index in [2.05, 4.69) is 26.0 Å². The number of hydrogen-bond donors (Lipinski definition) is 0. The Hall–Kier alpha value is -2.29. The summed E-state index contributed by atoms with van der Waals surface area (Å²) < 4.78 is 5.34. The highest BCUT2D eigenvalue weighted by molar-refractivity contribution is 5.79. The van der Waals surface area contributed by atoms with Crippen molar-refractivity contribution in [3.8, 4) is 5.75 Å². The van der Waals surface area contributed by atoms with E-state index in [0.29, 0.717) is 13.0 Å². The minimum Gasteiger partial charge on any atom is -0.496 e. The van der Waals surface area contributed by atoms with Crippen molar-refractivity contribution < 1.29 is 9.53 Å². The molecule has 0 unspecified atom stereocenters. The van der Waals surface area contributed by atoms with Crippen LogP contribution in [0.5, 0.6) is 5.75 Å². The van der Waals surface area contributed by atoms with Gasteiger partial charge in [0.05, 0.1) is 13.5 Å². The van der Waals surface area contributed by atoms with Crippen LogP contribution in [0, 0.1) is 13.8 Å². The molecule has 0 aliphatic heterocycles. The Labute approximate surface area is 132 Å². The lowest BCUT2D eigenvalue weighted by Crippen LogP contribution is -2.28. The smallest absolute Gasteiger partial charge is 0.227 e. The Bertz CT molecular complexity index is 664. The Balaban J connectivity index is 2.06. The number of amides is 1. The number of likely N-dealkylation sites (N-methyl/N-ethyl adjacent to an activating group) is 1. The first-order chi connectivity index (χ1) is 10.5. The maximum Gasteiger partial charge on any atom is 0.227 e. The molecule has 3 nitrogen and oxygen atoms in total. The lowest BCUT2D eigenvalue weighted by atomic mass is 10.0. The average Bonchev–Trinajstić information content (AvgIpc) is 2.50. The molecule has 22 heavy (non-hydrogen) atoms. The molecular weight excluding hydrogens is 274 g/mol. The van der Waals surface area contributed by atoms with Gasteiger partial charge >= 0.3 is 0 Å². The van der Waals surface area contributed by atoms with Gasteiger partial charge in [-0.2, -0.15) is 0 Å². The van der Waals surface area contributed by atoms with Crippen LogP contribution in [0.3, 0.4) is 0 Å². The monoisotopic (exact) mass is 297 g/mol. The van der Waals surface area contributed by atoms with E-state index in [1.807, 2.05) is 37.4 Å². The molecule has 116 valence electrons. The zero-order valence-electron chi connectivity index (χ0n) is 13.7. The number of carbonyl (C=O) groups is 1. The highest BCUT2D eigenvalue weighted by Gasteiger charge is 2.13. The van der Waals surface area contributed by atoms with Gasteiger partial charge in [-0.3, -0.25) is 4.79 Å². The molecule has 0 radical (unpaired) electrons. The summed E-state index contributed by atoms with van der Waals surface area (Å²) in [6.07, 6.45) is 0.428. The summed E-state index contributed by atoms with van der Waals surface area (Å²) in [5.41, 5.74) is 4.49. The molecule has 2 rings (SSSR count). The minimum absolute atomic E-state index is 0.109. The zero-order chi connectivity index (χ0) is 16.1. The summed E-state index contributed by atoms with van der Waals surface area (Å²) in [7, 11) is 3.48. The van der Waals surface area contributed by atoms with Gasteiger partial charge in [0.25, 0.3) is 0 Å². The molecule has 0 atom stereocenters. The van der Waals surface area contributed by atoms with E-state index < -0.39 is 0 Å². The van der Waals surface area contributed by atoms with Crippen molar-refractivity contribution >= 4 is 5.91 Å². The van der Waals surface area contributed by atoms with Crippen molar-refractivity contribution in [2.75, 3.05) is 14.2 Å². The van der Waals surface area contributed by atoms with Crippen molar-refractivity contribution in [3.05, 3.63) is 64.7 Å². The Morgan fingerprint density at radius 2 is 1.82 bits per heavy atom. The fraction of sp³-hybridized carbons (Fsp3) is 0.316. The van der Waals surface area contributed by atoms with E-state index in [9.17, 15) is 4.79 Å². The number of rotatable bonds is 5. The molecule has 3 heteroatoms. The van der Waals surface area contributed by atoms with Crippen LogP contribution in [-0.4, -0.2) is 25.0 Å². The van der Waals surface area contributed by atoms with Gasteiger partial charge in [-0.25, -0.2) is 0 Å². The zero-order valence-corrected chi connectivity index (χ0v) is 13.7. The number of hydrogen-bond acceptors (Lipinski definition) is 2. The van der Waals surface area contributed by atoms with Crippen LogP contribution in [0.2, 0.25) is 0 Å². The highest BCUT2D eigenvalue weighted by Crippen LogP contribution is 2.19. The van der Waals surface area contributed by atoms with Crippen molar-refractivity contribution in [2.45, 2.75) is 26.8 Å². The van der Waals surface area contributed by atoms with E-state index in [1.54, 1.807) is 12.0 Å². The molecule has 0 saturated heterocycles. The van der Waals surface area contributed by atoms with Crippen LogP contribution >= 0.6 is 0 Å². The highest BCUT2D eigenvalue weighted by atomic mass is 16.5. The second kappa shape index (κ2) is 7.12. The molecule has 0 aromatic heterocycles. The second-order valence-electron chi connectivity index (χ2n) is 5.67. The summed E-state index contributed by atoms with van der Waals surface area (Å²) in [6.45, 7) is 4.66.